The van der Waals surface area contributed by atoms with Crippen molar-refractivity contribution in [2.45, 2.75) is 45.6 Å². The molecule has 3 rings (SSSR count). The standard InChI is InChI=1S/C15H19ClN2/c1-15(2,3)14-17-12-7-6-11(16)8-13(12)18(14)9-10-4-5-10/h6-8,10H,4-5,9H2,1-3H3. The van der Waals surface area contributed by atoms with E-state index >= 15 is 0 Å². The maximum atomic E-state index is 6.13. The van der Waals surface area contributed by atoms with Crippen molar-refractivity contribution >= 4 is 22.6 Å². The number of nitrogens with zero attached hydrogens (tertiary/aromatic N) is 2. The van der Waals surface area contributed by atoms with Gasteiger partial charge < -0.3 is 4.57 Å². The lowest BCUT2D eigenvalue weighted by Crippen LogP contribution is -2.19. The van der Waals surface area contributed by atoms with Crippen molar-refractivity contribution in [3.63, 3.8) is 0 Å². The van der Waals surface area contributed by atoms with Crippen molar-refractivity contribution in [3.05, 3.63) is 29.0 Å². The van der Waals surface area contributed by atoms with Gasteiger partial charge in [-0.2, -0.15) is 0 Å². The Kier molecular flexibility index (Phi) is 2.67. The zero-order chi connectivity index (χ0) is 12.9. The zero-order valence-corrected chi connectivity index (χ0v) is 12.0. The first-order valence-electron chi connectivity index (χ1n) is 6.61. The maximum absolute atomic E-state index is 6.13. The Morgan fingerprint density at radius 2 is 2.06 bits per heavy atom. The van der Waals surface area contributed by atoms with Gasteiger partial charge in [0.2, 0.25) is 0 Å². The summed E-state index contributed by atoms with van der Waals surface area (Å²) in [5.74, 6) is 2.01. The quantitative estimate of drug-likeness (QED) is 0.785. The number of fused-ring (bicyclic) bond motifs is 1. The van der Waals surface area contributed by atoms with Crippen molar-refractivity contribution in [1.29, 1.82) is 0 Å². The molecule has 0 N–H and O–H groups in total. The van der Waals surface area contributed by atoms with Gasteiger partial charge >= 0.3 is 0 Å². The van der Waals surface area contributed by atoms with E-state index in [1.165, 1.54) is 24.2 Å². The van der Waals surface area contributed by atoms with E-state index < -0.39 is 0 Å². The summed E-state index contributed by atoms with van der Waals surface area (Å²) in [5.41, 5.74) is 2.31. The largest absolute Gasteiger partial charge is 0.327 e. The van der Waals surface area contributed by atoms with Gasteiger partial charge in [0.15, 0.2) is 0 Å². The van der Waals surface area contributed by atoms with E-state index in [-0.39, 0.29) is 5.41 Å². The first kappa shape index (κ1) is 12.0. The summed E-state index contributed by atoms with van der Waals surface area (Å²) in [4.78, 5) is 4.81. The van der Waals surface area contributed by atoms with Gasteiger partial charge in [-0.05, 0) is 37.0 Å². The monoisotopic (exact) mass is 262 g/mol. The molecule has 0 bridgehead atoms. The predicted molar refractivity (Wildman–Crippen MR) is 76.2 cm³/mol. The minimum absolute atomic E-state index is 0.0698. The van der Waals surface area contributed by atoms with Crippen LogP contribution in [0.2, 0.25) is 5.02 Å². The van der Waals surface area contributed by atoms with E-state index in [1.54, 1.807) is 0 Å². The third-order valence-corrected chi connectivity index (χ3v) is 3.75. The van der Waals surface area contributed by atoms with E-state index in [2.05, 4.69) is 25.3 Å². The molecule has 1 fully saturated rings. The van der Waals surface area contributed by atoms with E-state index in [0.29, 0.717) is 0 Å². The summed E-state index contributed by atoms with van der Waals surface area (Å²) >= 11 is 6.13. The highest BCUT2D eigenvalue weighted by atomic mass is 35.5. The van der Waals surface area contributed by atoms with Crippen molar-refractivity contribution in [1.82, 2.24) is 9.55 Å². The number of aromatic nitrogens is 2. The van der Waals surface area contributed by atoms with Crippen LogP contribution in [0.15, 0.2) is 18.2 Å². The van der Waals surface area contributed by atoms with Crippen LogP contribution in [0, 0.1) is 5.92 Å². The average molecular weight is 263 g/mol. The number of hydrogen-bond donors (Lipinski definition) is 0. The van der Waals surface area contributed by atoms with Crippen LogP contribution < -0.4 is 0 Å². The Morgan fingerprint density at radius 3 is 2.67 bits per heavy atom. The molecular formula is C15H19ClN2. The smallest absolute Gasteiger partial charge is 0.115 e. The predicted octanol–water partition coefficient (Wildman–Crippen LogP) is 4.40. The molecular weight excluding hydrogens is 244 g/mol. The van der Waals surface area contributed by atoms with Crippen molar-refractivity contribution in [2.24, 2.45) is 5.92 Å². The number of rotatable bonds is 2. The Balaban J connectivity index is 2.20. The first-order valence-corrected chi connectivity index (χ1v) is 6.99. The topological polar surface area (TPSA) is 17.8 Å². The Morgan fingerprint density at radius 1 is 1.33 bits per heavy atom. The van der Waals surface area contributed by atoms with Crippen LogP contribution in [0.3, 0.4) is 0 Å². The van der Waals surface area contributed by atoms with Gasteiger partial charge in [-0.15, -0.1) is 0 Å². The first-order chi connectivity index (χ1) is 8.45. The molecule has 1 aromatic carbocycles. The maximum Gasteiger partial charge on any atom is 0.115 e. The van der Waals surface area contributed by atoms with Gasteiger partial charge in [-0.3, -0.25) is 0 Å². The molecule has 0 spiro atoms. The summed E-state index contributed by atoms with van der Waals surface area (Å²) in [6, 6.07) is 5.99. The molecule has 1 aliphatic carbocycles. The summed E-state index contributed by atoms with van der Waals surface area (Å²) in [6.45, 7) is 7.75. The third kappa shape index (κ3) is 2.14. The van der Waals surface area contributed by atoms with Crippen molar-refractivity contribution in [2.75, 3.05) is 0 Å². The highest BCUT2D eigenvalue weighted by Crippen LogP contribution is 2.35. The van der Waals surface area contributed by atoms with Crippen LogP contribution in [-0.4, -0.2) is 9.55 Å². The molecule has 1 aliphatic rings. The fourth-order valence-electron chi connectivity index (χ4n) is 2.41. The van der Waals surface area contributed by atoms with Crippen LogP contribution >= 0.6 is 11.6 Å². The van der Waals surface area contributed by atoms with E-state index in [1.807, 2.05) is 18.2 Å². The second-order valence-electron chi connectivity index (χ2n) is 6.37. The van der Waals surface area contributed by atoms with Crippen LogP contribution in [0.25, 0.3) is 11.0 Å². The molecule has 2 nitrogen and oxygen atoms in total. The summed E-state index contributed by atoms with van der Waals surface area (Å²) in [5, 5.41) is 0.792. The fraction of sp³-hybridized carbons (Fsp3) is 0.533. The lowest BCUT2D eigenvalue weighted by molar-refractivity contribution is 0.491. The van der Waals surface area contributed by atoms with Crippen LogP contribution in [-0.2, 0) is 12.0 Å². The lowest BCUT2D eigenvalue weighted by Gasteiger charge is -2.20. The van der Waals surface area contributed by atoms with Gasteiger partial charge in [0.25, 0.3) is 0 Å². The summed E-state index contributed by atoms with van der Waals surface area (Å²) in [6.07, 6.45) is 2.70. The van der Waals surface area contributed by atoms with E-state index in [9.17, 15) is 0 Å². The van der Waals surface area contributed by atoms with Gasteiger partial charge in [-0.25, -0.2) is 4.98 Å². The highest BCUT2D eigenvalue weighted by molar-refractivity contribution is 6.31. The molecule has 0 atom stereocenters. The molecule has 1 saturated carbocycles. The van der Waals surface area contributed by atoms with E-state index in [4.69, 9.17) is 16.6 Å². The summed E-state index contributed by atoms with van der Waals surface area (Å²) < 4.78 is 2.37. The Bertz CT molecular complexity index is 588. The molecule has 18 heavy (non-hydrogen) atoms. The lowest BCUT2D eigenvalue weighted by atomic mass is 9.95. The molecule has 2 aromatic rings. The second-order valence-corrected chi connectivity index (χ2v) is 6.81. The number of hydrogen-bond acceptors (Lipinski definition) is 1. The highest BCUT2D eigenvalue weighted by Gasteiger charge is 2.28. The SMILES string of the molecule is CC(C)(C)c1nc2ccc(Cl)cc2n1CC1CC1. The number of halogens is 1. The third-order valence-electron chi connectivity index (χ3n) is 3.52. The molecule has 0 amide bonds. The molecule has 0 unspecified atom stereocenters. The molecule has 0 aliphatic heterocycles. The van der Waals surface area contributed by atoms with Crippen molar-refractivity contribution < 1.29 is 0 Å². The van der Waals surface area contributed by atoms with E-state index in [0.717, 1.165) is 23.0 Å². The molecule has 0 saturated heterocycles. The molecule has 96 valence electrons. The van der Waals surface area contributed by atoms with Gasteiger partial charge in [0, 0.05) is 17.0 Å². The number of imidazole rings is 1. The zero-order valence-electron chi connectivity index (χ0n) is 11.2. The van der Waals surface area contributed by atoms with Crippen LogP contribution in [0.4, 0.5) is 0 Å². The van der Waals surface area contributed by atoms with Crippen LogP contribution in [0.5, 0.6) is 0 Å². The Labute approximate surface area is 113 Å². The molecule has 0 radical (unpaired) electrons. The van der Waals surface area contributed by atoms with Crippen molar-refractivity contribution in [3.8, 4) is 0 Å². The Hall–Kier alpha value is -1.02. The second kappa shape index (κ2) is 3.99. The summed E-state index contributed by atoms with van der Waals surface area (Å²) in [7, 11) is 0. The molecule has 1 aromatic heterocycles. The minimum atomic E-state index is 0.0698. The van der Waals surface area contributed by atoms with Gasteiger partial charge in [0.1, 0.15) is 5.82 Å². The molecule has 3 heteroatoms. The minimum Gasteiger partial charge on any atom is -0.327 e. The number of benzene rings is 1. The van der Waals surface area contributed by atoms with Crippen LogP contribution in [0.1, 0.15) is 39.4 Å². The molecule has 1 heterocycles. The van der Waals surface area contributed by atoms with Gasteiger partial charge in [-0.1, -0.05) is 32.4 Å². The fourth-order valence-corrected chi connectivity index (χ4v) is 2.58. The normalized spacial score (nSPS) is 16.4. The van der Waals surface area contributed by atoms with Gasteiger partial charge in [0.05, 0.1) is 11.0 Å². The average Bonchev–Trinajstić information content (AvgIpc) is 3.00.